The summed E-state index contributed by atoms with van der Waals surface area (Å²) >= 11 is 5.92. The largest absolute Gasteiger partial charge is 0.386 e. The summed E-state index contributed by atoms with van der Waals surface area (Å²) in [5.74, 6) is 0.521. The highest BCUT2D eigenvalue weighted by atomic mass is 35.5. The lowest BCUT2D eigenvalue weighted by molar-refractivity contribution is -0.137. The van der Waals surface area contributed by atoms with Gasteiger partial charge in [-0.2, -0.15) is 0 Å². The SMILES string of the molecule is O=C(CO/N=C/c1ccc(=O)[nH]c1)N1CCC(Cc2ccc(Cl)cc2)CC1. The van der Waals surface area contributed by atoms with Crippen LogP contribution in [0.4, 0.5) is 0 Å². The van der Waals surface area contributed by atoms with Crippen LogP contribution in [0.3, 0.4) is 0 Å². The van der Waals surface area contributed by atoms with Crippen LogP contribution < -0.4 is 5.56 Å². The van der Waals surface area contributed by atoms with Gasteiger partial charge in [-0.3, -0.25) is 9.59 Å². The van der Waals surface area contributed by atoms with Crippen LogP contribution in [0.2, 0.25) is 5.02 Å². The van der Waals surface area contributed by atoms with Gasteiger partial charge in [0.05, 0.1) is 6.21 Å². The number of halogens is 1. The Balaban J connectivity index is 1.38. The van der Waals surface area contributed by atoms with E-state index < -0.39 is 0 Å². The van der Waals surface area contributed by atoms with E-state index in [1.807, 2.05) is 17.0 Å². The van der Waals surface area contributed by atoms with Gasteiger partial charge in [-0.25, -0.2) is 0 Å². The van der Waals surface area contributed by atoms with Crippen molar-refractivity contribution in [2.45, 2.75) is 19.3 Å². The van der Waals surface area contributed by atoms with Gasteiger partial charge in [-0.05, 0) is 48.9 Å². The molecule has 2 heterocycles. The van der Waals surface area contributed by atoms with Crippen molar-refractivity contribution >= 4 is 23.7 Å². The van der Waals surface area contributed by atoms with Crippen LogP contribution in [-0.2, 0) is 16.1 Å². The van der Waals surface area contributed by atoms with Crippen LogP contribution in [0.5, 0.6) is 0 Å². The Kier molecular flexibility index (Phi) is 6.65. The molecular weight excluding hydrogens is 366 g/mol. The molecule has 0 radical (unpaired) electrons. The topological polar surface area (TPSA) is 74.8 Å². The molecule has 0 aliphatic carbocycles. The summed E-state index contributed by atoms with van der Waals surface area (Å²) in [7, 11) is 0. The van der Waals surface area contributed by atoms with Crippen molar-refractivity contribution in [2.24, 2.45) is 11.1 Å². The minimum Gasteiger partial charge on any atom is -0.386 e. The molecule has 6 nitrogen and oxygen atoms in total. The lowest BCUT2D eigenvalue weighted by atomic mass is 9.90. The maximum Gasteiger partial charge on any atom is 0.263 e. The average Bonchev–Trinajstić information content (AvgIpc) is 2.69. The van der Waals surface area contributed by atoms with Crippen molar-refractivity contribution in [2.75, 3.05) is 19.7 Å². The lowest BCUT2D eigenvalue weighted by Gasteiger charge is -2.31. The molecule has 1 aliphatic heterocycles. The van der Waals surface area contributed by atoms with Gasteiger partial charge >= 0.3 is 0 Å². The van der Waals surface area contributed by atoms with E-state index >= 15 is 0 Å². The van der Waals surface area contributed by atoms with Gasteiger partial charge in [0.25, 0.3) is 5.91 Å². The second-order valence-corrected chi connectivity index (χ2v) is 7.09. The van der Waals surface area contributed by atoms with Gasteiger partial charge in [0.15, 0.2) is 6.61 Å². The van der Waals surface area contributed by atoms with Gasteiger partial charge in [0.2, 0.25) is 5.56 Å². The molecule has 1 aromatic carbocycles. The van der Waals surface area contributed by atoms with E-state index in [1.165, 1.54) is 24.0 Å². The number of aromatic nitrogens is 1. The highest BCUT2D eigenvalue weighted by Gasteiger charge is 2.23. The first-order valence-corrected chi connectivity index (χ1v) is 9.34. The summed E-state index contributed by atoms with van der Waals surface area (Å²) in [6.07, 6.45) is 5.97. The van der Waals surface area contributed by atoms with Crippen LogP contribution in [0.1, 0.15) is 24.0 Å². The summed E-state index contributed by atoms with van der Waals surface area (Å²) in [5, 5.41) is 4.53. The van der Waals surface area contributed by atoms with Crippen LogP contribution >= 0.6 is 11.6 Å². The Bertz CT molecular complexity index is 820. The molecule has 1 aliphatic rings. The number of carbonyl (C=O) groups is 1. The van der Waals surface area contributed by atoms with Crippen molar-refractivity contribution in [1.29, 1.82) is 0 Å². The summed E-state index contributed by atoms with van der Waals surface area (Å²) in [5.41, 5.74) is 1.80. The molecule has 0 bridgehead atoms. The van der Waals surface area contributed by atoms with Crippen molar-refractivity contribution in [3.8, 4) is 0 Å². The minimum atomic E-state index is -0.178. The normalized spacial score (nSPS) is 15.2. The van der Waals surface area contributed by atoms with Crippen LogP contribution in [-0.4, -0.2) is 41.7 Å². The fourth-order valence-corrected chi connectivity index (χ4v) is 3.25. The molecule has 1 saturated heterocycles. The number of nitrogens with one attached hydrogen (secondary N) is 1. The number of piperidine rings is 1. The summed E-state index contributed by atoms with van der Waals surface area (Å²) in [4.78, 5) is 32.6. The minimum absolute atomic E-state index is 0.0569. The number of oxime groups is 1. The molecule has 1 aromatic heterocycles. The molecule has 1 N–H and O–H groups in total. The zero-order valence-corrected chi connectivity index (χ0v) is 15.7. The molecule has 27 heavy (non-hydrogen) atoms. The number of aromatic amines is 1. The third-order valence-electron chi connectivity index (χ3n) is 4.68. The van der Waals surface area contributed by atoms with E-state index in [-0.39, 0.29) is 18.1 Å². The number of pyridine rings is 1. The van der Waals surface area contributed by atoms with E-state index in [4.69, 9.17) is 16.4 Å². The number of nitrogens with zero attached hydrogens (tertiary/aromatic N) is 2. The van der Waals surface area contributed by atoms with Crippen molar-refractivity contribution in [1.82, 2.24) is 9.88 Å². The zero-order valence-electron chi connectivity index (χ0n) is 14.9. The first-order chi connectivity index (χ1) is 13.1. The van der Waals surface area contributed by atoms with E-state index in [2.05, 4.69) is 22.3 Å². The van der Waals surface area contributed by atoms with Crippen LogP contribution in [0.15, 0.2) is 52.5 Å². The maximum absolute atomic E-state index is 12.2. The number of rotatable bonds is 6. The van der Waals surface area contributed by atoms with E-state index in [1.54, 1.807) is 6.07 Å². The zero-order chi connectivity index (χ0) is 19.1. The first-order valence-electron chi connectivity index (χ1n) is 8.96. The fraction of sp³-hybridized carbons (Fsp3) is 0.350. The number of benzene rings is 1. The van der Waals surface area contributed by atoms with Gasteiger partial charge in [0.1, 0.15) is 0 Å². The van der Waals surface area contributed by atoms with Gasteiger partial charge in [-0.15, -0.1) is 0 Å². The van der Waals surface area contributed by atoms with Crippen LogP contribution in [0, 0.1) is 5.92 Å². The lowest BCUT2D eigenvalue weighted by Crippen LogP contribution is -2.40. The van der Waals surface area contributed by atoms with Crippen LogP contribution in [0.25, 0.3) is 0 Å². The number of H-pyrrole nitrogens is 1. The van der Waals surface area contributed by atoms with Crippen molar-refractivity contribution in [3.63, 3.8) is 0 Å². The quantitative estimate of drug-likeness (QED) is 0.611. The van der Waals surface area contributed by atoms with Crippen molar-refractivity contribution < 1.29 is 9.63 Å². The van der Waals surface area contributed by atoms with Gasteiger partial charge in [0, 0.05) is 35.9 Å². The Morgan fingerprint density at radius 1 is 1.22 bits per heavy atom. The molecule has 7 heteroatoms. The molecule has 1 fully saturated rings. The van der Waals surface area contributed by atoms with Crippen molar-refractivity contribution in [3.05, 3.63) is 69.1 Å². The number of likely N-dealkylation sites (tertiary alicyclic amines) is 1. The van der Waals surface area contributed by atoms with E-state index in [0.29, 0.717) is 11.5 Å². The predicted molar refractivity (Wildman–Crippen MR) is 105 cm³/mol. The molecule has 0 atom stereocenters. The standard InChI is InChI=1S/C20H22ClN3O3/c21-18-4-1-15(2-5-18)11-16-7-9-24(10-8-16)20(26)14-27-23-13-17-3-6-19(25)22-12-17/h1-6,12-13,16H,7-11,14H2,(H,22,25)/b23-13+. The molecule has 1 amide bonds. The Morgan fingerprint density at radius 2 is 1.96 bits per heavy atom. The third-order valence-corrected chi connectivity index (χ3v) is 4.93. The Morgan fingerprint density at radius 3 is 2.63 bits per heavy atom. The summed E-state index contributed by atoms with van der Waals surface area (Å²) in [6.45, 7) is 1.40. The maximum atomic E-state index is 12.2. The molecule has 2 aromatic rings. The number of hydrogen-bond acceptors (Lipinski definition) is 4. The second-order valence-electron chi connectivity index (χ2n) is 6.65. The highest BCUT2D eigenvalue weighted by Crippen LogP contribution is 2.22. The Labute approximate surface area is 162 Å². The number of amides is 1. The molecule has 0 spiro atoms. The Hall–Kier alpha value is -2.60. The van der Waals surface area contributed by atoms with E-state index in [0.717, 1.165) is 37.4 Å². The summed E-state index contributed by atoms with van der Waals surface area (Å²) < 4.78 is 0. The summed E-state index contributed by atoms with van der Waals surface area (Å²) in [6, 6.07) is 11.0. The van der Waals surface area contributed by atoms with E-state index in [9.17, 15) is 9.59 Å². The average molecular weight is 388 g/mol. The third kappa shape index (κ3) is 5.96. The number of carbonyl (C=O) groups excluding carboxylic acids is 1. The smallest absolute Gasteiger partial charge is 0.263 e. The second kappa shape index (κ2) is 9.37. The highest BCUT2D eigenvalue weighted by molar-refractivity contribution is 6.30. The monoisotopic (exact) mass is 387 g/mol. The molecular formula is C20H22ClN3O3. The first kappa shape index (κ1) is 19.2. The molecule has 0 unspecified atom stereocenters. The fourth-order valence-electron chi connectivity index (χ4n) is 3.13. The molecule has 3 rings (SSSR count). The predicted octanol–water partition coefficient (Wildman–Crippen LogP) is 2.86. The van der Waals surface area contributed by atoms with Gasteiger partial charge in [-0.1, -0.05) is 28.9 Å². The number of hydrogen-bond donors (Lipinski definition) is 1. The molecule has 0 saturated carbocycles. The molecule has 142 valence electrons. The van der Waals surface area contributed by atoms with Gasteiger partial charge < -0.3 is 14.7 Å².